The molecule has 2 rings (SSSR count). The highest BCUT2D eigenvalue weighted by molar-refractivity contribution is 9.10. The van der Waals surface area contributed by atoms with Crippen LogP contribution in [0.2, 0.25) is 5.02 Å². The lowest BCUT2D eigenvalue weighted by Crippen LogP contribution is -2.01. The molecule has 0 fully saturated rings. The van der Waals surface area contributed by atoms with Crippen LogP contribution in [-0.4, -0.2) is 10.1 Å². The zero-order valence-corrected chi connectivity index (χ0v) is 10.6. The van der Waals surface area contributed by atoms with E-state index in [1.165, 1.54) is 0 Å². The molecular weight excluding hydrogens is 293 g/mol. The van der Waals surface area contributed by atoms with Crippen LogP contribution in [0.15, 0.2) is 39.7 Å². The summed E-state index contributed by atoms with van der Waals surface area (Å²) in [5, 5.41) is 10.5. The summed E-state index contributed by atoms with van der Waals surface area (Å²) < 4.78 is 5.86. The zero-order valence-electron chi connectivity index (χ0n) is 8.23. The van der Waals surface area contributed by atoms with E-state index in [2.05, 4.69) is 20.9 Å². The third-order valence-corrected chi connectivity index (χ3v) is 2.96. The van der Waals surface area contributed by atoms with Gasteiger partial charge in [-0.05, 0) is 39.7 Å². The lowest BCUT2D eigenvalue weighted by atomic mass is 10.1. The number of nitrogens with zero attached hydrogens (tertiary/aromatic N) is 1. The predicted octanol–water partition coefficient (Wildman–Crippen LogP) is 3.37. The number of aliphatic hydroxyl groups excluding tert-OH is 1. The summed E-state index contributed by atoms with van der Waals surface area (Å²) in [6.07, 6.45) is 2.90. The molecule has 0 saturated carbocycles. The summed E-state index contributed by atoms with van der Waals surface area (Å²) in [7, 11) is 0. The van der Waals surface area contributed by atoms with Crippen molar-refractivity contribution in [2.24, 2.45) is 0 Å². The van der Waals surface area contributed by atoms with E-state index in [-0.39, 0.29) is 0 Å². The van der Waals surface area contributed by atoms with Crippen LogP contribution in [0.4, 0.5) is 0 Å². The standard InChI is InChI=1S/C11H9BrClNO2/c12-11-2-1-10(16-11)9(15)5-7-3-4-14-6-8(7)13/h1-4,6,9,15H,5H2. The van der Waals surface area contributed by atoms with Gasteiger partial charge in [0.05, 0.1) is 5.02 Å². The first-order chi connectivity index (χ1) is 7.66. The number of aliphatic hydroxyl groups is 1. The lowest BCUT2D eigenvalue weighted by molar-refractivity contribution is 0.149. The number of aromatic nitrogens is 1. The number of hydrogen-bond donors (Lipinski definition) is 1. The van der Waals surface area contributed by atoms with E-state index in [4.69, 9.17) is 16.0 Å². The maximum Gasteiger partial charge on any atom is 0.169 e. The van der Waals surface area contributed by atoms with Crippen molar-refractivity contribution in [2.45, 2.75) is 12.5 Å². The number of hydrogen-bond acceptors (Lipinski definition) is 3. The average molecular weight is 303 g/mol. The number of rotatable bonds is 3. The fourth-order valence-corrected chi connectivity index (χ4v) is 1.90. The Labute approximate surface area is 106 Å². The third kappa shape index (κ3) is 2.64. The molecule has 0 radical (unpaired) electrons. The number of furan rings is 1. The second-order valence-electron chi connectivity index (χ2n) is 3.33. The van der Waals surface area contributed by atoms with Gasteiger partial charge in [-0.2, -0.15) is 0 Å². The summed E-state index contributed by atoms with van der Waals surface area (Å²) in [6, 6.07) is 5.25. The number of halogens is 2. The largest absolute Gasteiger partial charge is 0.452 e. The summed E-state index contributed by atoms with van der Waals surface area (Å²) >= 11 is 9.13. The van der Waals surface area contributed by atoms with Gasteiger partial charge in [0, 0.05) is 18.8 Å². The first-order valence-electron chi connectivity index (χ1n) is 4.68. The molecule has 0 amide bonds. The van der Waals surface area contributed by atoms with Crippen LogP contribution >= 0.6 is 27.5 Å². The van der Waals surface area contributed by atoms with E-state index in [1.807, 2.05) is 0 Å². The SMILES string of the molecule is OC(Cc1ccncc1Cl)c1ccc(Br)o1. The molecule has 2 aromatic heterocycles. The first kappa shape index (κ1) is 11.6. The maximum atomic E-state index is 9.92. The van der Waals surface area contributed by atoms with E-state index >= 15 is 0 Å². The van der Waals surface area contributed by atoms with E-state index in [1.54, 1.807) is 30.6 Å². The van der Waals surface area contributed by atoms with Crippen LogP contribution in [0.1, 0.15) is 17.4 Å². The molecule has 0 spiro atoms. The van der Waals surface area contributed by atoms with Crippen molar-refractivity contribution in [1.29, 1.82) is 0 Å². The second-order valence-corrected chi connectivity index (χ2v) is 4.52. The Morgan fingerprint density at radius 2 is 2.25 bits per heavy atom. The van der Waals surface area contributed by atoms with Gasteiger partial charge in [0.15, 0.2) is 4.67 Å². The summed E-state index contributed by atoms with van der Waals surface area (Å²) in [5.41, 5.74) is 0.844. The molecule has 0 aliphatic carbocycles. The van der Waals surface area contributed by atoms with E-state index in [9.17, 15) is 5.11 Å². The summed E-state index contributed by atoms with van der Waals surface area (Å²) in [5.74, 6) is 0.514. The Balaban J connectivity index is 2.13. The maximum absolute atomic E-state index is 9.92. The third-order valence-electron chi connectivity index (χ3n) is 2.19. The van der Waals surface area contributed by atoms with Crippen molar-refractivity contribution >= 4 is 27.5 Å². The molecule has 5 heteroatoms. The molecular formula is C11H9BrClNO2. The van der Waals surface area contributed by atoms with Crippen molar-refractivity contribution in [3.63, 3.8) is 0 Å². The van der Waals surface area contributed by atoms with Crippen molar-refractivity contribution in [3.8, 4) is 0 Å². The zero-order chi connectivity index (χ0) is 11.5. The second kappa shape index (κ2) is 4.99. The molecule has 1 unspecified atom stereocenters. The lowest BCUT2D eigenvalue weighted by Gasteiger charge is -2.08. The van der Waals surface area contributed by atoms with Gasteiger partial charge in [-0.25, -0.2) is 0 Å². The average Bonchev–Trinajstić information content (AvgIpc) is 2.68. The predicted molar refractivity (Wildman–Crippen MR) is 64.3 cm³/mol. The molecule has 2 aromatic rings. The Morgan fingerprint density at radius 3 is 2.88 bits per heavy atom. The fraction of sp³-hybridized carbons (Fsp3) is 0.182. The van der Waals surface area contributed by atoms with Gasteiger partial charge in [-0.1, -0.05) is 11.6 Å². The van der Waals surface area contributed by atoms with Crippen LogP contribution in [0, 0.1) is 0 Å². The van der Waals surface area contributed by atoms with Crippen molar-refractivity contribution < 1.29 is 9.52 Å². The highest BCUT2D eigenvalue weighted by Gasteiger charge is 2.14. The van der Waals surface area contributed by atoms with E-state index < -0.39 is 6.10 Å². The Hall–Kier alpha value is -0.840. The molecule has 0 aromatic carbocycles. The van der Waals surface area contributed by atoms with Gasteiger partial charge in [0.2, 0.25) is 0 Å². The topological polar surface area (TPSA) is 46.3 Å². The van der Waals surface area contributed by atoms with Crippen LogP contribution in [0.5, 0.6) is 0 Å². The first-order valence-corrected chi connectivity index (χ1v) is 5.85. The van der Waals surface area contributed by atoms with E-state index in [0.717, 1.165) is 5.56 Å². The highest BCUT2D eigenvalue weighted by atomic mass is 79.9. The van der Waals surface area contributed by atoms with Gasteiger partial charge < -0.3 is 9.52 Å². The van der Waals surface area contributed by atoms with Crippen molar-refractivity contribution in [2.75, 3.05) is 0 Å². The molecule has 1 N–H and O–H groups in total. The van der Waals surface area contributed by atoms with Crippen LogP contribution in [0.25, 0.3) is 0 Å². The fourth-order valence-electron chi connectivity index (χ4n) is 1.39. The molecule has 0 aliphatic heterocycles. The number of pyridine rings is 1. The van der Waals surface area contributed by atoms with Crippen LogP contribution in [0.3, 0.4) is 0 Å². The van der Waals surface area contributed by atoms with Gasteiger partial charge in [-0.15, -0.1) is 0 Å². The normalized spacial score (nSPS) is 12.7. The van der Waals surface area contributed by atoms with Gasteiger partial charge >= 0.3 is 0 Å². The molecule has 0 saturated heterocycles. The van der Waals surface area contributed by atoms with Crippen molar-refractivity contribution in [1.82, 2.24) is 4.98 Å². The van der Waals surface area contributed by atoms with Crippen molar-refractivity contribution in [3.05, 3.63) is 51.6 Å². The minimum atomic E-state index is -0.703. The molecule has 0 aliphatic rings. The summed E-state index contributed by atoms with van der Waals surface area (Å²) in [6.45, 7) is 0. The Morgan fingerprint density at radius 1 is 1.44 bits per heavy atom. The Bertz CT molecular complexity index is 486. The summed E-state index contributed by atoms with van der Waals surface area (Å²) in [4.78, 5) is 3.88. The monoisotopic (exact) mass is 301 g/mol. The molecule has 84 valence electrons. The molecule has 1 atom stereocenters. The van der Waals surface area contributed by atoms with Gasteiger partial charge in [0.1, 0.15) is 11.9 Å². The minimum absolute atomic E-state index is 0.404. The molecule has 2 heterocycles. The molecule has 16 heavy (non-hydrogen) atoms. The molecule has 3 nitrogen and oxygen atoms in total. The van der Waals surface area contributed by atoms with Crippen LogP contribution < -0.4 is 0 Å². The minimum Gasteiger partial charge on any atom is -0.452 e. The smallest absolute Gasteiger partial charge is 0.169 e. The highest BCUT2D eigenvalue weighted by Crippen LogP contribution is 2.25. The van der Waals surface area contributed by atoms with Gasteiger partial charge in [-0.3, -0.25) is 4.98 Å². The Kier molecular flexibility index (Phi) is 3.63. The van der Waals surface area contributed by atoms with Gasteiger partial charge in [0.25, 0.3) is 0 Å². The van der Waals surface area contributed by atoms with E-state index in [0.29, 0.717) is 21.9 Å². The quantitative estimate of drug-likeness (QED) is 0.945. The van der Waals surface area contributed by atoms with Crippen LogP contribution in [-0.2, 0) is 6.42 Å². The molecule has 0 bridgehead atoms.